The second-order valence-electron chi connectivity index (χ2n) is 17.0. The Hall–Kier alpha value is -6.60. The monoisotopic (exact) mass is 864 g/mol. The number of benzene rings is 4. The van der Waals surface area contributed by atoms with Crippen LogP contribution in [0.4, 0.5) is 9.59 Å². The standard InChI is InChI=1S/C48H53ClN4O9/c1-28(2)38-24-30-11-21-39(59-45(57)61-47(4,5)6)36(23-30)37-25-34(18-22-40(37)60-46(58)62-48(7,8)9)42(44(56)51-27-41(54)52-38)53(10)29(3)26-50-43(55)33-14-12-31(13-15-33)32-16-19-35(49)20-17-32/h11-23,25,38,42H,1,3,24,26-27H2,2,4-10H3,(H,50,55)(H,51,56)(H,52,54). The lowest BCUT2D eigenvalue weighted by atomic mass is 9.93. The Morgan fingerprint density at radius 3 is 1.87 bits per heavy atom. The van der Waals surface area contributed by atoms with Gasteiger partial charge in [0.15, 0.2) is 0 Å². The number of nitrogens with zero attached hydrogens (tertiary/aromatic N) is 1. The molecule has 0 fully saturated rings. The summed E-state index contributed by atoms with van der Waals surface area (Å²) in [7, 11) is 1.63. The maximum Gasteiger partial charge on any atom is 0.514 e. The first-order valence-corrected chi connectivity index (χ1v) is 20.3. The Balaban J connectivity index is 1.55. The maximum absolute atomic E-state index is 14.3. The SMILES string of the molecule is C=C(C)C1Cc2ccc(OC(=O)OC(C)(C)C)c(c2)-c2cc(ccc2OC(=O)OC(C)(C)C)C(N(C)C(=C)CNC(=O)c2ccc(-c3ccc(Cl)cc3)cc2)C(=O)NCC(=O)N1. The Morgan fingerprint density at radius 1 is 0.790 bits per heavy atom. The number of hydrogen-bond donors (Lipinski definition) is 3. The summed E-state index contributed by atoms with van der Waals surface area (Å²) >= 11 is 6.04. The van der Waals surface area contributed by atoms with Gasteiger partial charge in [0.05, 0.1) is 19.1 Å². The van der Waals surface area contributed by atoms with Gasteiger partial charge >= 0.3 is 12.3 Å². The zero-order valence-electron chi connectivity index (χ0n) is 36.3. The first kappa shape index (κ1) is 46.5. The lowest BCUT2D eigenvalue weighted by Gasteiger charge is -2.32. The van der Waals surface area contributed by atoms with Crippen molar-refractivity contribution in [2.24, 2.45) is 0 Å². The van der Waals surface area contributed by atoms with Gasteiger partial charge in [-0.1, -0.05) is 66.7 Å². The first-order chi connectivity index (χ1) is 29.1. The number of carbonyl (C=O) groups excluding carboxylic acids is 5. The van der Waals surface area contributed by atoms with Crippen molar-refractivity contribution >= 4 is 41.6 Å². The van der Waals surface area contributed by atoms with Gasteiger partial charge in [-0.3, -0.25) is 14.4 Å². The molecule has 13 nitrogen and oxygen atoms in total. The third-order valence-corrected chi connectivity index (χ3v) is 9.78. The Bertz CT molecular complexity index is 2360. The number of carbonyl (C=O) groups is 5. The van der Waals surface area contributed by atoms with E-state index >= 15 is 0 Å². The minimum absolute atomic E-state index is 0.0287. The molecule has 0 saturated heterocycles. The molecular formula is C48H53ClN4O9. The molecular weight excluding hydrogens is 812 g/mol. The van der Waals surface area contributed by atoms with Crippen molar-refractivity contribution in [1.82, 2.24) is 20.9 Å². The quantitative estimate of drug-likeness (QED) is 0.0842. The molecule has 3 amide bonds. The molecule has 0 spiro atoms. The molecule has 1 aliphatic rings. The van der Waals surface area contributed by atoms with E-state index in [-0.39, 0.29) is 42.5 Å². The van der Waals surface area contributed by atoms with Gasteiger partial charge in [-0.15, -0.1) is 0 Å². The first-order valence-electron chi connectivity index (χ1n) is 19.9. The summed E-state index contributed by atoms with van der Waals surface area (Å²) in [5.74, 6) is -1.32. The van der Waals surface area contributed by atoms with E-state index in [9.17, 15) is 24.0 Å². The van der Waals surface area contributed by atoms with Crippen LogP contribution >= 0.6 is 11.6 Å². The third kappa shape index (κ3) is 12.7. The van der Waals surface area contributed by atoms with Gasteiger partial charge in [-0.05, 0) is 126 Å². The molecule has 4 aromatic carbocycles. The smallest absolute Gasteiger partial charge is 0.428 e. The van der Waals surface area contributed by atoms with E-state index in [1.54, 1.807) is 115 Å². The van der Waals surface area contributed by atoms with E-state index in [1.807, 2.05) is 24.3 Å². The summed E-state index contributed by atoms with van der Waals surface area (Å²) in [4.78, 5) is 68.8. The van der Waals surface area contributed by atoms with Crippen LogP contribution in [0.3, 0.4) is 0 Å². The summed E-state index contributed by atoms with van der Waals surface area (Å²) in [6, 6.07) is 22.5. The van der Waals surface area contributed by atoms with Crippen LogP contribution in [-0.4, -0.2) is 72.3 Å². The van der Waals surface area contributed by atoms with Crippen molar-refractivity contribution in [2.75, 3.05) is 20.1 Å². The van der Waals surface area contributed by atoms with Crippen LogP contribution in [0.15, 0.2) is 109 Å². The number of nitrogens with one attached hydrogen (secondary N) is 3. The minimum Gasteiger partial charge on any atom is -0.428 e. The molecule has 4 bridgehead atoms. The molecule has 5 rings (SSSR count). The number of ether oxygens (including phenoxy) is 4. The molecule has 2 atom stereocenters. The Labute approximate surface area is 367 Å². The summed E-state index contributed by atoms with van der Waals surface area (Å²) in [5, 5.41) is 9.18. The van der Waals surface area contributed by atoms with E-state index < -0.39 is 47.4 Å². The second-order valence-corrected chi connectivity index (χ2v) is 17.4. The van der Waals surface area contributed by atoms with E-state index in [1.165, 1.54) is 6.07 Å². The zero-order valence-corrected chi connectivity index (χ0v) is 37.0. The molecule has 0 saturated carbocycles. The Kier molecular flexibility index (Phi) is 14.5. The summed E-state index contributed by atoms with van der Waals surface area (Å²) in [6.45, 7) is 19.8. The Morgan fingerprint density at radius 2 is 1.32 bits per heavy atom. The van der Waals surface area contributed by atoms with Crippen LogP contribution in [0.5, 0.6) is 11.5 Å². The highest BCUT2D eigenvalue weighted by Crippen LogP contribution is 2.41. The number of rotatable bonds is 9. The highest BCUT2D eigenvalue weighted by Gasteiger charge is 2.31. The molecule has 0 radical (unpaired) electrons. The van der Waals surface area contributed by atoms with Gasteiger partial charge in [0, 0.05) is 34.5 Å². The fourth-order valence-corrected chi connectivity index (χ4v) is 6.56. The molecule has 3 N–H and O–H groups in total. The van der Waals surface area contributed by atoms with Crippen molar-refractivity contribution in [3.8, 4) is 33.8 Å². The fraction of sp³-hybridized carbons (Fsp3) is 0.312. The van der Waals surface area contributed by atoms with Crippen LogP contribution in [0.1, 0.15) is 76.0 Å². The van der Waals surface area contributed by atoms with Crippen molar-refractivity contribution in [3.05, 3.63) is 131 Å². The number of halogens is 1. The van der Waals surface area contributed by atoms with Crippen LogP contribution in [0.2, 0.25) is 5.02 Å². The van der Waals surface area contributed by atoms with Gasteiger partial charge in [0.2, 0.25) is 11.8 Å². The van der Waals surface area contributed by atoms with Crippen molar-refractivity contribution in [3.63, 3.8) is 0 Å². The highest BCUT2D eigenvalue weighted by atomic mass is 35.5. The van der Waals surface area contributed by atoms with E-state index in [4.69, 9.17) is 30.5 Å². The topological polar surface area (TPSA) is 162 Å². The summed E-state index contributed by atoms with van der Waals surface area (Å²) in [5.41, 5.74) is 3.11. The van der Waals surface area contributed by atoms with E-state index in [0.29, 0.717) is 38.5 Å². The van der Waals surface area contributed by atoms with Gasteiger partial charge in [0.25, 0.3) is 5.91 Å². The average Bonchev–Trinajstić information content (AvgIpc) is 3.18. The van der Waals surface area contributed by atoms with E-state index in [0.717, 1.165) is 11.1 Å². The van der Waals surface area contributed by atoms with Crippen molar-refractivity contribution in [1.29, 1.82) is 0 Å². The zero-order chi connectivity index (χ0) is 45.5. The van der Waals surface area contributed by atoms with Crippen LogP contribution in [-0.2, 0) is 25.5 Å². The molecule has 0 aromatic heterocycles. The summed E-state index contributed by atoms with van der Waals surface area (Å²) < 4.78 is 22.6. The highest BCUT2D eigenvalue weighted by molar-refractivity contribution is 6.30. The largest absolute Gasteiger partial charge is 0.514 e. The normalized spacial score (nSPS) is 15.4. The third-order valence-electron chi connectivity index (χ3n) is 9.52. The molecule has 1 aliphatic heterocycles. The van der Waals surface area contributed by atoms with Crippen molar-refractivity contribution < 1.29 is 42.9 Å². The van der Waals surface area contributed by atoms with E-state index in [2.05, 4.69) is 29.1 Å². The van der Waals surface area contributed by atoms with Gasteiger partial charge < -0.3 is 39.8 Å². The molecule has 14 heteroatoms. The predicted molar refractivity (Wildman–Crippen MR) is 238 cm³/mol. The fourth-order valence-electron chi connectivity index (χ4n) is 6.43. The number of hydrogen-bond acceptors (Lipinski definition) is 10. The summed E-state index contributed by atoms with van der Waals surface area (Å²) in [6.07, 6.45) is -1.70. The maximum atomic E-state index is 14.3. The van der Waals surface area contributed by atoms with Crippen molar-refractivity contribution in [2.45, 2.75) is 78.2 Å². The average molecular weight is 865 g/mol. The van der Waals surface area contributed by atoms with Gasteiger partial charge in [0.1, 0.15) is 28.7 Å². The molecule has 4 aromatic rings. The second kappa shape index (κ2) is 19.4. The number of fused-ring (bicyclic) bond motifs is 5. The molecule has 1 heterocycles. The lowest BCUT2D eigenvalue weighted by molar-refractivity contribution is -0.129. The number of likely N-dealkylation sites (N-methyl/N-ethyl adjacent to an activating group) is 1. The minimum atomic E-state index is -1.15. The van der Waals surface area contributed by atoms with Crippen LogP contribution in [0, 0.1) is 0 Å². The van der Waals surface area contributed by atoms with Crippen LogP contribution in [0.25, 0.3) is 22.3 Å². The molecule has 62 heavy (non-hydrogen) atoms. The molecule has 326 valence electrons. The number of amides is 3. The molecule has 0 aliphatic carbocycles. The molecule has 2 unspecified atom stereocenters. The van der Waals surface area contributed by atoms with Crippen LogP contribution < -0.4 is 25.4 Å². The predicted octanol–water partition coefficient (Wildman–Crippen LogP) is 8.95. The lowest BCUT2D eigenvalue weighted by Crippen LogP contribution is -2.46. The van der Waals surface area contributed by atoms with Gasteiger partial charge in [-0.2, -0.15) is 0 Å². The van der Waals surface area contributed by atoms with Gasteiger partial charge in [-0.25, -0.2) is 9.59 Å².